The van der Waals surface area contributed by atoms with Crippen molar-refractivity contribution in [3.8, 4) is 0 Å². The van der Waals surface area contributed by atoms with E-state index < -0.39 is 35.1 Å². The van der Waals surface area contributed by atoms with Crippen LogP contribution in [0.4, 0.5) is 17.6 Å². The molecule has 0 amide bonds. The predicted molar refractivity (Wildman–Crippen MR) is 123 cm³/mol. The Morgan fingerprint density at radius 1 is 0.829 bits per heavy atom. The van der Waals surface area contributed by atoms with E-state index in [1.54, 1.807) is 4.90 Å². The van der Waals surface area contributed by atoms with Gasteiger partial charge < -0.3 is 0 Å². The van der Waals surface area contributed by atoms with Crippen LogP contribution >= 0.6 is 0 Å². The molecule has 0 unspecified atom stereocenters. The number of hydrogen-bond donors (Lipinski definition) is 0. The molecule has 0 atom stereocenters. The van der Waals surface area contributed by atoms with Crippen molar-refractivity contribution in [3.05, 3.63) is 135 Å². The Labute approximate surface area is 199 Å². The lowest BCUT2D eigenvalue weighted by molar-refractivity contribution is 0.232. The van der Waals surface area contributed by atoms with Crippen molar-refractivity contribution in [2.75, 3.05) is 6.54 Å². The van der Waals surface area contributed by atoms with Gasteiger partial charge in [-0.25, -0.2) is 18.2 Å². The van der Waals surface area contributed by atoms with Gasteiger partial charge in [0.1, 0.15) is 0 Å². The van der Waals surface area contributed by atoms with Gasteiger partial charge in [-0.15, -0.1) is 0 Å². The van der Waals surface area contributed by atoms with Crippen LogP contribution in [0.25, 0.3) is 0 Å². The van der Waals surface area contributed by atoms with E-state index in [-0.39, 0.29) is 25.1 Å². The Morgan fingerprint density at radius 3 is 2.09 bits per heavy atom. The van der Waals surface area contributed by atoms with Gasteiger partial charge in [-0.2, -0.15) is 4.39 Å². The third-order valence-corrected chi connectivity index (χ3v) is 6.30. The first-order valence-electron chi connectivity index (χ1n) is 11.2. The molecule has 0 N–H and O–H groups in total. The Morgan fingerprint density at radius 2 is 1.46 bits per heavy atom. The van der Waals surface area contributed by atoms with Gasteiger partial charge in [-0.1, -0.05) is 66.7 Å². The number of halogens is 4. The highest BCUT2D eigenvalue weighted by molar-refractivity contribution is 5.34. The molecule has 0 radical (unpaired) electrons. The SMILES string of the molecule is O=c1c2c(nc(F)n1C(c1ccccc1)c1ccccc1)CCN(Cc1ccc(F)c(F)c1F)C2. The minimum absolute atomic E-state index is 0.0193. The van der Waals surface area contributed by atoms with Crippen LogP contribution in [0, 0.1) is 23.5 Å². The highest BCUT2D eigenvalue weighted by Crippen LogP contribution is 2.28. The average molecular weight is 479 g/mol. The molecule has 0 saturated heterocycles. The monoisotopic (exact) mass is 479 g/mol. The maximum atomic E-state index is 15.4. The summed E-state index contributed by atoms with van der Waals surface area (Å²) in [6, 6.07) is 19.6. The minimum atomic E-state index is -1.53. The maximum absolute atomic E-state index is 15.4. The Bertz CT molecular complexity index is 1380. The normalized spacial score (nSPS) is 13.7. The lowest BCUT2D eigenvalue weighted by atomic mass is 9.97. The molecule has 4 nitrogen and oxygen atoms in total. The van der Waals surface area contributed by atoms with Gasteiger partial charge in [0.05, 0.1) is 17.3 Å². The molecular formula is C27H21F4N3O. The molecule has 8 heteroatoms. The van der Waals surface area contributed by atoms with Crippen LogP contribution < -0.4 is 5.56 Å². The van der Waals surface area contributed by atoms with Crippen LogP contribution in [0.5, 0.6) is 0 Å². The molecule has 0 fully saturated rings. The van der Waals surface area contributed by atoms with E-state index in [4.69, 9.17) is 0 Å². The molecule has 35 heavy (non-hydrogen) atoms. The van der Waals surface area contributed by atoms with E-state index in [1.807, 2.05) is 60.7 Å². The van der Waals surface area contributed by atoms with Crippen LogP contribution in [-0.4, -0.2) is 21.0 Å². The van der Waals surface area contributed by atoms with Gasteiger partial charge in [0.2, 0.25) is 0 Å². The van der Waals surface area contributed by atoms with Gasteiger partial charge in [-0.05, 0) is 17.2 Å². The van der Waals surface area contributed by atoms with Gasteiger partial charge >= 0.3 is 0 Å². The molecule has 4 aromatic rings. The van der Waals surface area contributed by atoms with Gasteiger partial charge in [0.15, 0.2) is 17.5 Å². The van der Waals surface area contributed by atoms with Crippen molar-refractivity contribution in [3.63, 3.8) is 0 Å². The summed E-state index contributed by atoms with van der Waals surface area (Å²) in [6.45, 7) is 0.415. The zero-order valence-electron chi connectivity index (χ0n) is 18.6. The topological polar surface area (TPSA) is 38.1 Å². The number of benzene rings is 3. The van der Waals surface area contributed by atoms with Crippen molar-refractivity contribution < 1.29 is 17.6 Å². The minimum Gasteiger partial charge on any atom is -0.294 e. The summed E-state index contributed by atoms with van der Waals surface area (Å²) in [6.07, 6.45) is -0.610. The smallest absolute Gasteiger partial charge is 0.293 e. The fourth-order valence-corrected chi connectivity index (χ4v) is 4.57. The molecule has 1 aliphatic heterocycles. The predicted octanol–water partition coefficient (Wildman–Crippen LogP) is 5.00. The quantitative estimate of drug-likeness (QED) is 0.230. The van der Waals surface area contributed by atoms with E-state index in [1.165, 1.54) is 6.07 Å². The zero-order chi connectivity index (χ0) is 24.5. The van der Waals surface area contributed by atoms with Crippen LogP contribution in [0.1, 0.15) is 34.0 Å². The van der Waals surface area contributed by atoms with E-state index in [2.05, 4.69) is 4.98 Å². The van der Waals surface area contributed by atoms with Gasteiger partial charge in [0.25, 0.3) is 11.6 Å². The van der Waals surface area contributed by atoms with Crippen molar-refractivity contribution in [2.24, 2.45) is 0 Å². The highest BCUT2D eigenvalue weighted by atomic mass is 19.2. The summed E-state index contributed by atoms with van der Waals surface area (Å²) >= 11 is 0. The Kier molecular flexibility index (Phi) is 6.21. The summed E-state index contributed by atoms with van der Waals surface area (Å²) in [5, 5.41) is 0. The molecule has 2 heterocycles. The van der Waals surface area contributed by atoms with Crippen molar-refractivity contribution in [1.29, 1.82) is 0 Å². The first kappa shape index (κ1) is 23.0. The molecule has 0 saturated carbocycles. The summed E-state index contributed by atoms with van der Waals surface area (Å²) in [4.78, 5) is 19.5. The zero-order valence-corrected chi connectivity index (χ0v) is 18.6. The molecule has 3 aromatic carbocycles. The first-order valence-corrected chi connectivity index (χ1v) is 11.2. The second kappa shape index (κ2) is 9.46. The molecule has 0 spiro atoms. The first-order chi connectivity index (χ1) is 16.9. The summed E-state index contributed by atoms with van der Waals surface area (Å²) in [7, 11) is 0. The third kappa shape index (κ3) is 4.37. The van der Waals surface area contributed by atoms with Crippen molar-refractivity contribution >= 4 is 0 Å². The van der Waals surface area contributed by atoms with E-state index in [0.717, 1.165) is 21.8 Å². The lowest BCUT2D eigenvalue weighted by Crippen LogP contribution is -2.40. The third-order valence-electron chi connectivity index (χ3n) is 6.30. The molecule has 178 valence electrons. The average Bonchev–Trinajstić information content (AvgIpc) is 2.88. The molecule has 0 aliphatic carbocycles. The molecular weight excluding hydrogens is 458 g/mol. The molecule has 5 rings (SSSR count). The van der Waals surface area contributed by atoms with E-state index >= 15 is 4.39 Å². The van der Waals surface area contributed by atoms with Crippen LogP contribution in [-0.2, 0) is 19.5 Å². The van der Waals surface area contributed by atoms with Crippen LogP contribution in [0.15, 0.2) is 77.6 Å². The van der Waals surface area contributed by atoms with E-state index in [0.29, 0.717) is 17.8 Å². The van der Waals surface area contributed by atoms with Gasteiger partial charge in [-0.3, -0.25) is 14.3 Å². The highest BCUT2D eigenvalue weighted by Gasteiger charge is 2.29. The van der Waals surface area contributed by atoms with E-state index in [9.17, 15) is 18.0 Å². The fourth-order valence-electron chi connectivity index (χ4n) is 4.57. The largest absolute Gasteiger partial charge is 0.294 e. The molecule has 1 aromatic heterocycles. The second-order valence-corrected chi connectivity index (χ2v) is 8.50. The standard InChI is InChI=1S/C27H21F4N3O/c28-21-12-11-19(23(29)24(21)30)15-33-14-13-22-20(16-33)26(35)34(27(31)32-22)25(17-7-3-1-4-8-17)18-9-5-2-6-10-18/h1-12,25H,13-16H2. The Balaban J connectivity index is 1.55. The van der Waals surface area contributed by atoms with Crippen molar-refractivity contribution in [2.45, 2.75) is 25.6 Å². The van der Waals surface area contributed by atoms with Crippen LogP contribution in [0.2, 0.25) is 0 Å². The summed E-state index contributed by atoms with van der Waals surface area (Å²) < 4.78 is 57.6. The van der Waals surface area contributed by atoms with Gasteiger partial charge in [0, 0.05) is 31.6 Å². The number of fused-ring (bicyclic) bond motifs is 1. The maximum Gasteiger partial charge on any atom is 0.293 e. The second-order valence-electron chi connectivity index (χ2n) is 8.50. The molecule has 0 bridgehead atoms. The summed E-state index contributed by atoms with van der Waals surface area (Å²) in [5.41, 5.74) is 1.55. The number of nitrogens with zero attached hydrogens (tertiary/aromatic N) is 3. The Hall–Kier alpha value is -3.78. The van der Waals surface area contributed by atoms with Crippen molar-refractivity contribution in [1.82, 2.24) is 14.5 Å². The summed E-state index contributed by atoms with van der Waals surface area (Å²) in [5.74, 6) is -4.04. The fraction of sp³-hybridized carbons (Fsp3) is 0.185. The number of aromatic nitrogens is 2. The molecule has 1 aliphatic rings. The lowest BCUT2D eigenvalue weighted by Gasteiger charge is -2.29. The number of hydrogen-bond acceptors (Lipinski definition) is 3. The van der Waals surface area contributed by atoms with Crippen LogP contribution in [0.3, 0.4) is 0 Å². The number of rotatable bonds is 5.